The molecule has 1 fully saturated rings. The topological polar surface area (TPSA) is 69.7 Å². The molecule has 1 aliphatic rings. The highest BCUT2D eigenvalue weighted by Gasteiger charge is 2.25. The molecular weight excluding hydrogens is 198 g/mol. The summed E-state index contributed by atoms with van der Waals surface area (Å²) < 4.78 is 0. The third-order valence-electron chi connectivity index (χ3n) is 2.19. The summed E-state index contributed by atoms with van der Waals surface area (Å²) in [6.07, 6.45) is 0.975. The first-order chi connectivity index (χ1) is 7.00. The molecule has 0 aromatic rings. The van der Waals surface area contributed by atoms with E-state index in [2.05, 4.69) is 5.32 Å². The van der Waals surface area contributed by atoms with Gasteiger partial charge >= 0.3 is 6.03 Å². The number of rotatable bonds is 4. The predicted octanol–water partition coefficient (Wildman–Crippen LogP) is -0.593. The summed E-state index contributed by atoms with van der Waals surface area (Å²) in [5, 5.41) is 2.18. The van der Waals surface area contributed by atoms with Crippen LogP contribution in [-0.2, 0) is 9.59 Å². The third-order valence-corrected chi connectivity index (χ3v) is 2.19. The number of carbonyl (C=O) groups is 3. The maximum Gasteiger partial charge on any atom is 0.324 e. The number of hydrogen-bond donors (Lipinski definition) is 1. The Bertz CT molecular complexity index is 288. The molecule has 0 aromatic carbocycles. The quantitative estimate of drug-likeness (QED) is 0.634. The molecule has 0 spiro atoms. The van der Waals surface area contributed by atoms with Crippen molar-refractivity contribution < 1.29 is 14.4 Å². The van der Waals surface area contributed by atoms with Gasteiger partial charge < -0.3 is 9.80 Å². The van der Waals surface area contributed by atoms with E-state index >= 15 is 0 Å². The fourth-order valence-corrected chi connectivity index (χ4v) is 1.31. The van der Waals surface area contributed by atoms with Crippen molar-refractivity contribution in [3.05, 3.63) is 0 Å². The van der Waals surface area contributed by atoms with Gasteiger partial charge in [-0.05, 0) is 6.42 Å². The first-order valence-electron chi connectivity index (χ1n) is 4.79. The predicted molar refractivity (Wildman–Crippen MR) is 53.0 cm³/mol. The maximum atomic E-state index is 11.2. The van der Waals surface area contributed by atoms with Crippen LogP contribution in [0, 0.1) is 0 Å². The van der Waals surface area contributed by atoms with E-state index in [0.717, 1.165) is 0 Å². The van der Waals surface area contributed by atoms with E-state index < -0.39 is 0 Å². The SMILES string of the molecule is CN(C)C(=O)CCCN1CC(=O)NC1=O. The van der Waals surface area contributed by atoms with Gasteiger partial charge in [-0.3, -0.25) is 14.9 Å². The standard InChI is InChI=1S/C9H15N3O3/c1-11(2)8(14)4-3-5-12-6-7(13)10-9(12)15/h3-6H2,1-2H3,(H,10,13,15). The Morgan fingerprint density at radius 2 is 2.13 bits per heavy atom. The Hall–Kier alpha value is -1.59. The van der Waals surface area contributed by atoms with Crippen LogP contribution in [0.25, 0.3) is 0 Å². The van der Waals surface area contributed by atoms with Gasteiger partial charge in [-0.15, -0.1) is 0 Å². The van der Waals surface area contributed by atoms with E-state index in [4.69, 9.17) is 0 Å². The second kappa shape index (κ2) is 4.77. The smallest absolute Gasteiger partial charge is 0.324 e. The number of nitrogens with zero attached hydrogens (tertiary/aromatic N) is 2. The number of imide groups is 1. The van der Waals surface area contributed by atoms with Crippen LogP contribution in [0.2, 0.25) is 0 Å². The second-order valence-electron chi connectivity index (χ2n) is 3.67. The summed E-state index contributed by atoms with van der Waals surface area (Å²) in [7, 11) is 3.38. The van der Waals surface area contributed by atoms with Gasteiger partial charge in [-0.2, -0.15) is 0 Å². The van der Waals surface area contributed by atoms with E-state index in [1.54, 1.807) is 14.1 Å². The van der Waals surface area contributed by atoms with E-state index in [-0.39, 0.29) is 24.4 Å². The lowest BCUT2D eigenvalue weighted by Gasteiger charge is -2.14. The molecule has 1 N–H and O–H groups in total. The van der Waals surface area contributed by atoms with E-state index in [0.29, 0.717) is 19.4 Å². The van der Waals surface area contributed by atoms with Gasteiger partial charge in [0.15, 0.2) is 0 Å². The number of nitrogens with one attached hydrogen (secondary N) is 1. The van der Waals surface area contributed by atoms with E-state index in [1.807, 2.05) is 0 Å². The Balaban J connectivity index is 2.24. The summed E-state index contributed by atoms with van der Waals surface area (Å²) in [5.41, 5.74) is 0. The molecule has 6 heteroatoms. The van der Waals surface area contributed by atoms with Crippen LogP contribution in [0.3, 0.4) is 0 Å². The fraction of sp³-hybridized carbons (Fsp3) is 0.667. The molecule has 15 heavy (non-hydrogen) atoms. The number of carbonyl (C=O) groups excluding carboxylic acids is 3. The lowest BCUT2D eigenvalue weighted by Crippen LogP contribution is -2.30. The van der Waals surface area contributed by atoms with Gasteiger partial charge in [0.2, 0.25) is 11.8 Å². The van der Waals surface area contributed by atoms with Crippen molar-refractivity contribution in [1.82, 2.24) is 15.1 Å². The molecular formula is C9H15N3O3. The molecule has 6 nitrogen and oxygen atoms in total. The highest BCUT2D eigenvalue weighted by Crippen LogP contribution is 2.02. The lowest BCUT2D eigenvalue weighted by molar-refractivity contribution is -0.128. The van der Waals surface area contributed by atoms with Crippen molar-refractivity contribution >= 4 is 17.8 Å². The van der Waals surface area contributed by atoms with Gasteiger partial charge in [0.1, 0.15) is 6.54 Å². The first kappa shape index (κ1) is 11.5. The molecule has 1 rings (SSSR count). The van der Waals surface area contributed by atoms with Crippen LogP contribution < -0.4 is 5.32 Å². The summed E-state index contributed by atoms with van der Waals surface area (Å²) in [5.74, 6) is -0.250. The molecule has 1 aliphatic heterocycles. The zero-order chi connectivity index (χ0) is 11.4. The van der Waals surface area contributed by atoms with Crippen LogP contribution in [0.5, 0.6) is 0 Å². The maximum absolute atomic E-state index is 11.2. The number of amides is 4. The molecule has 0 bridgehead atoms. The largest absolute Gasteiger partial charge is 0.349 e. The molecule has 1 heterocycles. The summed E-state index contributed by atoms with van der Waals surface area (Å²) in [6, 6.07) is -0.364. The molecule has 0 aromatic heterocycles. The normalized spacial score (nSPS) is 15.5. The Kier molecular flexibility index (Phi) is 3.65. The van der Waals surface area contributed by atoms with Gasteiger partial charge in [0, 0.05) is 27.1 Å². The summed E-state index contributed by atoms with van der Waals surface area (Å²) >= 11 is 0. The minimum atomic E-state index is -0.364. The Morgan fingerprint density at radius 1 is 1.47 bits per heavy atom. The third kappa shape index (κ3) is 3.23. The molecule has 0 saturated carbocycles. The zero-order valence-electron chi connectivity index (χ0n) is 8.95. The van der Waals surface area contributed by atoms with E-state index in [9.17, 15) is 14.4 Å². The van der Waals surface area contributed by atoms with Gasteiger partial charge in [0.25, 0.3) is 0 Å². The van der Waals surface area contributed by atoms with Crippen LogP contribution >= 0.6 is 0 Å². The van der Waals surface area contributed by atoms with Crippen LogP contribution in [0.1, 0.15) is 12.8 Å². The second-order valence-corrected chi connectivity index (χ2v) is 3.67. The Morgan fingerprint density at radius 3 is 2.60 bits per heavy atom. The fourth-order valence-electron chi connectivity index (χ4n) is 1.31. The summed E-state index contributed by atoms with van der Waals surface area (Å²) in [4.78, 5) is 36.0. The van der Waals surface area contributed by atoms with Crippen molar-refractivity contribution in [1.29, 1.82) is 0 Å². The average Bonchev–Trinajstić information content (AvgIpc) is 2.45. The molecule has 4 amide bonds. The molecule has 0 radical (unpaired) electrons. The highest BCUT2D eigenvalue weighted by molar-refractivity contribution is 6.01. The molecule has 1 saturated heterocycles. The van der Waals surface area contributed by atoms with E-state index in [1.165, 1.54) is 9.80 Å². The van der Waals surface area contributed by atoms with Crippen LogP contribution in [0.15, 0.2) is 0 Å². The number of hydrogen-bond acceptors (Lipinski definition) is 3. The lowest BCUT2D eigenvalue weighted by atomic mass is 10.2. The van der Waals surface area contributed by atoms with Crippen molar-refractivity contribution in [3.8, 4) is 0 Å². The highest BCUT2D eigenvalue weighted by atomic mass is 16.2. The molecule has 84 valence electrons. The van der Waals surface area contributed by atoms with Crippen molar-refractivity contribution in [3.63, 3.8) is 0 Å². The molecule has 0 aliphatic carbocycles. The van der Waals surface area contributed by atoms with Crippen molar-refractivity contribution in [2.75, 3.05) is 27.2 Å². The summed E-state index contributed by atoms with van der Waals surface area (Å²) in [6.45, 7) is 0.548. The minimum Gasteiger partial charge on any atom is -0.349 e. The Labute approximate surface area is 88.2 Å². The first-order valence-corrected chi connectivity index (χ1v) is 4.79. The van der Waals surface area contributed by atoms with Gasteiger partial charge in [-0.25, -0.2) is 4.79 Å². The van der Waals surface area contributed by atoms with Gasteiger partial charge in [0.05, 0.1) is 0 Å². The van der Waals surface area contributed by atoms with Crippen LogP contribution in [-0.4, -0.2) is 54.8 Å². The zero-order valence-corrected chi connectivity index (χ0v) is 8.95. The van der Waals surface area contributed by atoms with Crippen molar-refractivity contribution in [2.24, 2.45) is 0 Å². The van der Waals surface area contributed by atoms with Crippen LogP contribution in [0.4, 0.5) is 4.79 Å². The monoisotopic (exact) mass is 213 g/mol. The van der Waals surface area contributed by atoms with Gasteiger partial charge in [-0.1, -0.05) is 0 Å². The average molecular weight is 213 g/mol. The minimum absolute atomic E-state index is 0.0286. The number of urea groups is 1. The molecule has 0 atom stereocenters. The van der Waals surface area contributed by atoms with Crippen molar-refractivity contribution in [2.45, 2.75) is 12.8 Å². The molecule has 0 unspecified atom stereocenters.